The molecule has 1 rings (SSSR count). The van der Waals surface area contributed by atoms with Gasteiger partial charge in [0.1, 0.15) is 0 Å². The summed E-state index contributed by atoms with van der Waals surface area (Å²) in [7, 11) is 1.82. The van der Waals surface area contributed by atoms with Crippen LogP contribution < -0.4 is 10.6 Å². The topological polar surface area (TPSA) is 75.4 Å². The van der Waals surface area contributed by atoms with E-state index in [1.165, 1.54) is 0 Å². The molecule has 0 spiro atoms. The molecule has 0 fully saturated rings. The van der Waals surface area contributed by atoms with Gasteiger partial charge in [-0.3, -0.25) is 4.79 Å². The molecule has 0 saturated heterocycles. The van der Waals surface area contributed by atoms with E-state index in [1.807, 2.05) is 33.9 Å². The number of likely N-dealkylation sites (N-methyl/N-ethyl adjacent to an activating group) is 2. The Balaban J connectivity index is 2.80. The maximum Gasteiger partial charge on any atom is 0.242 e. The highest BCUT2D eigenvalue weighted by atomic mass is 16.2. The first-order chi connectivity index (χ1) is 9.01. The Kier molecular flexibility index (Phi) is 5.69. The molecule has 0 atom stereocenters. The molecule has 0 unspecified atom stereocenters. The highest BCUT2D eigenvalue weighted by Gasteiger charge is 2.15. The molecule has 1 aromatic rings. The Morgan fingerprint density at radius 3 is 2.47 bits per heavy atom. The normalized spacial score (nSPS) is 10.4. The van der Waals surface area contributed by atoms with Gasteiger partial charge in [-0.25, -0.2) is 9.97 Å². The van der Waals surface area contributed by atoms with Gasteiger partial charge in [0.05, 0.1) is 12.2 Å². The molecular formula is C13H23N5O. The van der Waals surface area contributed by atoms with Crippen molar-refractivity contribution >= 4 is 11.9 Å². The van der Waals surface area contributed by atoms with Crippen molar-refractivity contribution in [3.05, 3.63) is 17.5 Å². The predicted molar refractivity (Wildman–Crippen MR) is 75.9 cm³/mol. The average Bonchev–Trinajstić information content (AvgIpc) is 2.39. The van der Waals surface area contributed by atoms with Crippen molar-refractivity contribution < 1.29 is 4.79 Å². The second-order valence-electron chi connectivity index (χ2n) is 4.43. The number of nitrogens with zero attached hydrogens (tertiary/aromatic N) is 4. The standard InChI is InChI=1S/C13H23N5O/c1-5-18(6-2)12(19)9-17(4)13-15-10(3)7-11(8-14)16-13/h7H,5-6,8-9,14H2,1-4H3. The van der Waals surface area contributed by atoms with Gasteiger partial charge in [-0.2, -0.15) is 0 Å². The smallest absolute Gasteiger partial charge is 0.242 e. The second kappa shape index (κ2) is 7.04. The lowest BCUT2D eigenvalue weighted by molar-refractivity contribution is -0.129. The SMILES string of the molecule is CCN(CC)C(=O)CN(C)c1nc(C)cc(CN)n1. The Morgan fingerprint density at radius 1 is 1.32 bits per heavy atom. The summed E-state index contributed by atoms with van der Waals surface area (Å²) in [6.45, 7) is 7.90. The van der Waals surface area contributed by atoms with Crippen LogP contribution in [-0.4, -0.2) is 47.5 Å². The third kappa shape index (κ3) is 4.17. The number of carbonyl (C=O) groups is 1. The molecule has 106 valence electrons. The predicted octanol–water partition coefficient (Wildman–Crippen LogP) is 0.548. The van der Waals surface area contributed by atoms with Crippen LogP contribution in [-0.2, 0) is 11.3 Å². The van der Waals surface area contributed by atoms with Crippen molar-refractivity contribution in [3.8, 4) is 0 Å². The first kappa shape index (κ1) is 15.4. The summed E-state index contributed by atoms with van der Waals surface area (Å²) in [5, 5.41) is 0. The van der Waals surface area contributed by atoms with Crippen molar-refractivity contribution in [1.29, 1.82) is 0 Å². The minimum Gasteiger partial charge on any atom is -0.342 e. The van der Waals surface area contributed by atoms with E-state index >= 15 is 0 Å². The molecule has 1 aromatic heterocycles. The maximum absolute atomic E-state index is 12.0. The van der Waals surface area contributed by atoms with E-state index in [0.29, 0.717) is 25.6 Å². The number of aromatic nitrogens is 2. The van der Waals surface area contributed by atoms with Gasteiger partial charge in [-0.05, 0) is 26.8 Å². The minimum absolute atomic E-state index is 0.0758. The van der Waals surface area contributed by atoms with Crippen molar-refractivity contribution in [3.63, 3.8) is 0 Å². The van der Waals surface area contributed by atoms with Crippen LogP contribution in [0.2, 0.25) is 0 Å². The summed E-state index contributed by atoms with van der Waals surface area (Å²) in [5.41, 5.74) is 7.23. The van der Waals surface area contributed by atoms with Crippen LogP contribution >= 0.6 is 0 Å². The second-order valence-corrected chi connectivity index (χ2v) is 4.43. The molecule has 1 heterocycles. The van der Waals surface area contributed by atoms with Crippen LogP contribution in [0.1, 0.15) is 25.2 Å². The third-order valence-corrected chi connectivity index (χ3v) is 2.93. The lowest BCUT2D eigenvalue weighted by Crippen LogP contribution is -2.39. The zero-order valence-corrected chi connectivity index (χ0v) is 12.2. The van der Waals surface area contributed by atoms with E-state index in [9.17, 15) is 4.79 Å². The van der Waals surface area contributed by atoms with E-state index in [0.717, 1.165) is 11.4 Å². The van der Waals surface area contributed by atoms with Gasteiger partial charge in [-0.15, -0.1) is 0 Å². The molecule has 1 amide bonds. The fourth-order valence-corrected chi connectivity index (χ4v) is 1.84. The summed E-state index contributed by atoms with van der Waals surface area (Å²) in [4.78, 5) is 24.2. The summed E-state index contributed by atoms with van der Waals surface area (Å²) in [5.74, 6) is 0.618. The van der Waals surface area contributed by atoms with Gasteiger partial charge in [-0.1, -0.05) is 0 Å². The number of rotatable bonds is 6. The Hall–Kier alpha value is -1.69. The van der Waals surface area contributed by atoms with Crippen LogP contribution in [0.3, 0.4) is 0 Å². The van der Waals surface area contributed by atoms with Crippen LogP contribution in [0.25, 0.3) is 0 Å². The molecule has 0 aromatic carbocycles. The van der Waals surface area contributed by atoms with Crippen LogP contribution in [0, 0.1) is 6.92 Å². The summed E-state index contributed by atoms with van der Waals surface area (Å²) in [6, 6.07) is 1.85. The van der Waals surface area contributed by atoms with Crippen molar-refractivity contribution in [2.45, 2.75) is 27.3 Å². The molecule has 6 heteroatoms. The molecule has 0 radical (unpaired) electrons. The quantitative estimate of drug-likeness (QED) is 0.813. The Morgan fingerprint density at radius 2 is 1.95 bits per heavy atom. The van der Waals surface area contributed by atoms with Crippen molar-refractivity contribution in [2.75, 3.05) is 31.6 Å². The Bertz CT molecular complexity index is 431. The van der Waals surface area contributed by atoms with E-state index < -0.39 is 0 Å². The fraction of sp³-hybridized carbons (Fsp3) is 0.615. The van der Waals surface area contributed by atoms with Gasteiger partial charge in [0.15, 0.2) is 0 Å². The van der Waals surface area contributed by atoms with Crippen LogP contribution in [0.15, 0.2) is 6.07 Å². The van der Waals surface area contributed by atoms with Crippen molar-refractivity contribution in [2.24, 2.45) is 5.73 Å². The van der Waals surface area contributed by atoms with E-state index in [1.54, 1.807) is 9.80 Å². The first-order valence-corrected chi connectivity index (χ1v) is 6.55. The first-order valence-electron chi connectivity index (χ1n) is 6.55. The number of amides is 1. The molecule has 0 bridgehead atoms. The van der Waals surface area contributed by atoms with Crippen molar-refractivity contribution in [1.82, 2.24) is 14.9 Å². The lowest BCUT2D eigenvalue weighted by atomic mass is 10.3. The Labute approximate surface area is 114 Å². The molecule has 6 nitrogen and oxygen atoms in total. The highest BCUT2D eigenvalue weighted by molar-refractivity contribution is 5.80. The number of hydrogen-bond acceptors (Lipinski definition) is 5. The molecule has 0 aliphatic rings. The maximum atomic E-state index is 12.0. The summed E-state index contributed by atoms with van der Waals surface area (Å²) >= 11 is 0. The van der Waals surface area contributed by atoms with Crippen LogP contribution in [0.4, 0.5) is 5.95 Å². The molecule has 2 N–H and O–H groups in total. The summed E-state index contributed by atoms with van der Waals surface area (Å²) in [6.07, 6.45) is 0. The largest absolute Gasteiger partial charge is 0.342 e. The molecule has 0 aliphatic carbocycles. The number of hydrogen-bond donors (Lipinski definition) is 1. The van der Waals surface area contributed by atoms with Gasteiger partial charge in [0.25, 0.3) is 0 Å². The van der Waals surface area contributed by atoms with Crippen LogP contribution in [0.5, 0.6) is 0 Å². The molecular weight excluding hydrogens is 242 g/mol. The van der Waals surface area contributed by atoms with Gasteiger partial charge < -0.3 is 15.5 Å². The zero-order valence-electron chi connectivity index (χ0n) is 12.2. The molecule has 19 heavy (non-hydrogen) atoms. The van der Waals surface area contributed by atoms with E-state index in [4.69, 9.17) is 5.73 Å². The van der Waals surface area contributed by atoms with E-state index in [-0.39, 0.29) is 12.5 Å². The van der Waals surface area contributed by atoms with Gasteiger partial charge >= 0.3 is 0 Å². The number of carbonyl (C=O) groups excluding carboxylic acids is 1. The highest BCUT2D eigenvalue weighted by Crippen LogP contribution is 2.08. The van der Waals surface area contributed by atoms with Gasteiger partial charge in [0, 0.05) is 32.4 Å². The average molecular weight is 265 g/mol. The number of nitrogens with two attached hydrogens (primary N) is 1. The zero-order chi connectivity index (χ0) is 14.4. The number of anilines is 1. The number of aryl methyl sites for hydroxylation is 1. The monoisotopic (exact) mass is 265 g/mol. The minimum atomic E-state index is 0.0758. The van der Waals surface area contributed by atoms with Gasteiger partial charge in [0.2, 0.25) is 11.9 Å². The third-order valence-electron chi connectivity index (χ3n) is 2.93. The molecule has 0 saturated carbocycles. The fourth-order valence-electron chi connectivity index (χ4n) is 1.84. The lowest BCUT2D eigenvalue weighted by Gasteiger charge is -2.23. The molecule has 0 aliphatic heterocycles. The summed E-state index contributed by atoms with van der Waals surface area (Å²) < 4.78 is 0. The van der Waals surface area contributed by atoms with E-state index in [2.05, 4.69) is 9.97 Å².